The van der Waals surface area contributed by atoms with Crippen LogP contribution >= 0.6 is 0 Å². The van der Waals surface area contributed by atoms with Gasteiger partial charge in [-0.1, -0.05) is 5.16 Å². The predicted molar refractivity (Wildman–Crippen MR) is 76.3 cm³/mol. The third kappa shape index (κ3) is 4.00. The van der Waals surface area contributed by atoms with Crippen LogP contribution in [0, 0.1) is 0 Å². The molecule has 0 aliphatic rings. The molecule has 2 heterocycles. The van der Waals surface area contributed by atoms with Crippen LogP contribution in [0.25, 0.3) is 0 Å². The van der Waals surface area contributed by atoms with E-state index >= 15 is 0 Å². The fourth-order valence-electron chi connectivity index (χ4n) is 1.96. The number of aromatic nitrogens is 3. The van der Waals surface area contributed by atoms with Crippen molar-refractivity contribution in [2.75, 3.05) is 13.6 Å². The maximum absolute atomic E-state index is 12.4. The van der Waals surface area contributed by atoms with Crippen molar-refractivity contribution in [1.82, 2.24) is 19.6 Å². The molecule has 130 valence electrons. The van der Waals surface area contributed by atoms with Gasteiger partial charge in [-0.25, -0.2) is 0 Å². The molecule has 0 radical (unpaired) electrons. The van der Waals surface area contributed by atoms with E-state index in [9.17, 15) is 22.8 Å². The van der Waals surface area contributed by atoms with Gasteiger partial charge in [0.1, 0.15) is 0 Å². The summed E-state index contributed by atoms with van der Waals surface area (Å²) in [6.07, 6.45) is -3.19. The van der Waals surface area contributed by atoms with Gasteiger partial charge in [0.15, 0.2) is 5.82 Å². The summed E-state index contributed by atoms with van der Waals surface area (Å²) in [6, 6.07) is 2.73. The van der Waals surface area contributed by atoms with Crippen molar-refractivity contribution in [2.24, 2.45) is 0 Å². The highest BCUT2D eigenvalue weighted by molar-refractivity contribution is 5.93. The molecule has 1 amide bonds. The Morgan fingerprint density at radius 3 is 2.67 bits per heavy atom. The van der Waals surface area contributed by atoms with Crippen molar-refractivity contribution in [3.8, 4) is 0 Å². The SMILES string of the molecule is CCn1ccc(C(=O)N(C)CCc2noc(C(F)(F)F)n2)cc1=O. The Morgan fingerprint density at radius 1 is 1.42 bits per heavy atom. The molecule has 24 heavy (non-hydrogen) atoms. The van der Waals surface area contributed by atoms with Crippen molar-refractivity contribution >= 4 is 5.91 Å². The summed E-state index contributed by atoms with van der Waals surface area (Å²) >= 11 is 0. The molecule has 2 aromatic rings. The summed E-state index contributed by atoms with van der Waals surface area (Å²) in [5, 5.41) is 3.23. The Hall–Kier alpha value is -2.65. The van der Waals surface area contributed by atoms with E-state index in [2.05, 4.69) is 14.7 Å². The summed E-state index contributed by atoms with van der Waals surface area (Å²) in [5.74, 6) is -1.99. The number of likely N-dealkylation sites (N-methyl/N-ethyl adjacent to an activating group) is 1. The van der Waals surface area contributed by atoms with Crippen molar-refractivity contribution in [1.29, 1.82) is 0 Å². The van der Waals surface area contributed by atoms with Crippen LogP contribution in [0.15, 0.2) is 27.6 Å². The Balaban J connectivity index is 2.00. The lowest BCUT2D eigenvalue weighted by Gasteiger charge is -2.16. The number of halogens is 3. The van der Waals surface area contributed by atoms with E-state index in [0.29, 0.717) is 6.54 Å². The van der Waals surface area contributed by atoms with Gasteiger partial charge in [-0.3, -0.25) is 9.59 Å². The Kier molecular flexibility index (Phi) is 5.05. The lowest BCUT2D eigenvalue weighted by Crippen LogP contribution is -2.30. The van der Waals surface area contributed by atoms with Gasteiger partial charge in [-0.2, -0.15) is 18.2 Å². The van der Waals surface area contributed by atoms with E-state index in [1.54, 1.807) is 6.92 Å². The smallest absolute Gasteiger partial charge is 0.341 e. The van der Waals surface area contributed by atoms with Gasteiger partial charge in [0.25, 0.3) is 11.5 Å². The molecular weight excluding hydrogens is 329 g/mol. The van der Waals surface area contributed by atoms with E-state index in [4.69, 9.17) is 0 Å². The largest absolute Gasteiger partial charge is 0.471 e. The van der Waals surface area contributed by atoms with Gasteiger partial charge < -0.3 is 14.0 Å². The molecule has 2 aromatic heterocycles. The molecule has 0 fully saturated rings. The number of aryl methyl sites for hydroxylation is 1. The second kappa shape index (κ2) is 6.85. The first-order valence-corrected chi connectivity index (χ1v) is 7.08. The van der Waals surface area contributed by atoms with Crippen LogP contribution in [0.2, 0.25) is 0 Å². The van der Waals surface area contributed by atoms with E-state index in [1.807, 2.05) is 0 Å². The zero-order chi connectivity index (χ0) is 17.9. The molecule has 0 N–H and O–H groups in total. The third-order valence-corrected chi connectivity index (χ3v) is 3.31. The minimum absolute atomic E-state index is 0.00611. The number of alkyl halides is 3. The molecule has 0 aromatic carbocycles. The number of carbonyl (C=O) groups is 1. The molecule has 10 heteroatoms. The summed E-state index contributed by atoms with van der Waals surface area (Å²) in [4.78, 5) is 28.4. The number of amides is 1. The van der Waals surface area contributed by atoms with Gasteiger partial charge in [-0.15, -0.1) is 0 Å². The second-order valence-corrected chi connectivity index (χ2v) is 5.03. The highest BCUT2D eigenvalue weighted by Crippen LogP contribution is 2.27. The lowest BCUT2D eigenvalue weighted by atomic mass is 10.2. The average molecular weight is 344 g/mol. The summed E-state index contributed by atoms with van der Waals surface area (Å²) < 4.78 is 42.6. The fourth-order valence-corrected chi connectivity index (χ4v) is 1.96. The molecule has 2 rings (SSSR count). The number of hydrogen-bond donors (Lipinski definition) is 0. The van der Waals surface area contributed by atoms with Crippen molar-refractivity contribution in [3.05, 3.63) is 46.0 Å². The van der Waals surface area contributed by atoms with Crippen LogP contribution < -0.4 is 5.56 Å². The average Bonchev–Trinajstić information content (AvgIpc) is 3.01. The highest BCUT2D eigenvalue weighted by Gasteiger charge is 2.38. The number of pyridine rings is 1. The summed E-state index contributed by atoms with van der Waals surface area (Å²) in [6.45, 7) is 2.37. The minimum atomic E-state index is -4.70. The first-order valence-electron chi connectivity index (χ1n) is 7.08. The molecule has 0 atom stereocenters. The Morgan fingerprint density at radius 2 is 2.12 bits per heavy atom. The molecule has 0 saturated heterocycles. The maximum Gasteiger partial charge on any atom is 0.471 e. The number of nitrogens with zero attached hydrogens (tertiary/aromatic N) is 4. The van der Waals surface area contributed by atoms with Crippen LogP contribution in [0.1, 0.15) is 29.0 Å². The first kappa shape index (κ1) is 17.7. The normalized spacial score (nSPS) is 11.5. The summed E-state index contributed by atoms with van der Waals surface area (Å²) in [5.41, 5.74) is -0.0963. The van der Waals surface area contributed by atoms with E-state index in [-0.39, 0.29) is 29.9 Å². The fraction of sp³-hybridized carbons (Fsp3) is 0.429. The monoisotopic (exact) mass is 344 g/mol. The number of carbonyl (C=O) groups excluding carboxylic acids is 1. The summed E-state index contributed by atoms with van der Waals surface area (Å²) in [7, 11) is 1.47. The molecule has 0 aliphatic heterocycles. The number of hydrogen-bond acceptors (Lipinski definition) is 5. The van der Waals surface area contributed by atoms with Crippen molar-refractivity contribution in [2.45, 2.75) is 26.1 Å². The Labute approximate surface area is 134 Å². The van der Waals surface area contributed by atoms with Crippen molar-refractivity contribution < 1.29 is 22.5 Å². The van der Waals surface area contributed by atoms with E-state index < -0.39 is 18.0 Å². The van der Waals surface area contributed by atoms with Gasteiger partial charge in [0, 0.05) is 44.4 Å². The number of rotatable bonds is 5. The second-order valence-electron chi connectivity index (χ2n) is 5.03. The van der Waals surface area contributed by atoms with Gasteiger partial charge >= 0.3 is 12.1 Å². The zero-order valence-corrected chi connectivity index (χ0v) is 13.0. The van der Waals surface area contributed by atoms with Crippen LogP contribution in [0.3, 0.4) is 0 Å². The van der Waals surface area contributed by atoms with Crippen LogP contribution in [0.4, 0.5) is 13.2 Å². The molecule has 0 unspecified atom stereocenters. The quantitative estimate of drug-likeness (QED) is 0.823. The first-order chi connectivity index (χ1) is 11.2. The molecule has 0 saturated carbocycles. The third-order valence-electron chi connectivity index (χ3n) is 3.31. The Bertz CT molecular complexity index is 782. The van der Waals surface area contributed by atoms with Crippen LogP contribution in [-0.4, -0.2) is 39.1 Å². The van der Waals surface area contributed by atoms with Gasteiger partial charge in [0.05, 0.1) is 0 Å². The van der Waals surface area contributed by atoms with Crippen molar-refractivity contribution in [3.63, 3.8) is 0 Å². The van der Waals surface area contributed by atoms with E-state index in [1.165, 1.54) is 34.8 Å². The van der Waals surface area contributed by atoms with Crippen LogP contribution in [-0.2, 0) is 19.1 Å². The van der Waals surface area contributed by atoms with Gasteiger partial charge in [0.2, 0.25) is 0 Å². The predicted octanol–water partition coefficient (Wildman–Crippen LogP) is 1.58. The molecular formula is C14H15F3N4O3. The van der Waals surface area contributed by atoms with Gasteiger partial charge in [-0.05, 0) is 13.0 Å². The lowest BCUT2D eigenvalue weighted by molar-refractivity contribution is -0.159. The molecule has 7 nitrogen and oxygen atoms in total. The molecule has 0 bridgehead atoms. The topological polar surface area (TPSA) is 81.2 Å². The highest BCUT2D eigenvalue weighted by atomic mass is 19.4. The zero-order valence-electron chi connectivity index (χ0n) is 13.0. The minimum Gasteiger partial charge on any atom is -0.341 e. The molecule has 0 spiro atoms. The standard InChI is InChI=1S/C14H15F3N4O3/c1-3-21-7-4-9(8-11(21)22)12(23)20(2)6-5-10-18-13(24-19-10)14(15,16)17/h4,7-8H,3,5-6H2,1-2H3. The van der Waals surface area contributed by atoms with Crippen LogP contribution in [0.5, 0.6) is 0 Å². The molecule has 0 aliphatic carbocycles. The maximum atomic E-state index is 12.4. The van der Waals surface area contributed by atoms with E-state index in [0.717, 1.165) is 0 Å².